The lowest BCUT2D eigenvalue weighted by Crippen LogP contribution is -2.29. The number of methoxy groups -OCH3 is 1. The molecular formula is C28H27ClN6O3S. The monoisotopic (exact) mass is 562 g/mol. The third-order valence-electron chi connectivity index (χ3n) is 6.41. The van der Waals surface area contributed by atoms with Crippen LogP contribution in [0.4, 0.5) is 22.0 Å². The Bertz CT molecular complexity index is 1700. The molecule has 5 N–H and O–H groups in total. The molecule has 0 atom stereocenters. The number of carbonyl (C=O) groups excluding carboxylic acids is 2. The first-order valence-corrected chi connectivity index (χ1v) is 13.6. The summed E-state index contributed by atoms with van der Waals surface area (Å²) in [7, 11) is 3.42. The van der Waals surface area contributed by atoms with E-state index in [1.165, 1.54) is 11.3 Å². The second-order valence-corrected chi connectivity index (χ2v) is 10.1. The van der Waals surface area contributed by atoms with Gasteiger partial charge in [-0.05, 0) is 36.2 Å². The normalized spacial score (nSPS) is 11.1. The minimum absolute atomic E-state index is 0.241. The zero-order chi connectivity index (χ0) is 27.5. The molecule has 0 fully saturated rings. The Labute approximate surface area is 233 Å². The molecule has 0 aliphatic carbocycles. The van der Waals surface area contributed by atoms with Gasteiger partial charge in [0.15, 0.2) is 0 Å². The van der Waals surface area contributed by atoms with Crippen LogP contribution in [0.3, 0.4) is 0 Å². The zero-order valence-corrected chi connectivity index (χ0v) is 22.9. The summed E-state index contributed by atoms with van der Waals surface area (Å²) in [6.07, 6.45) is 2.22. The molecule has 5 aromatic rings. The summed E-state index contributed by atoms with van der Waals surface area (Å²) in [6, 6.07) is 14.9. The van der Waals surface area contributed by atoms with E-state index in [0.29, 0.717) is 47.5 Å². The van der Waals surface area contributed by atoms with Crippen LogP contribution in [0.1, 0.15) is 16.9 Å². The number of amides is 3. The van der Waals surface area contributed by atoms with Gasteiger partial charge in [-0.15, -0.1) is 22.9 Å². The lowest BCUT2D eigenvalue weighted by Gasteiger charge is -2.13. The number of ether oxygens (including phenoxy) is 1. The van der Waals surface area contributed by atoms with Crippen LogP contribution in [0.5, 0.6) is 5.75 Å². The fourth-order valence-corrected chi connectivity index (χ4v) is 5.65. The number of nitrogens with zero attached hydrogens (tertiary/aromatic N) is 2. The number of hydrogen-bond acceptors (Lipinski definition) is 6. The highest BCUT2D eigenvalue weighted by molar-refractivity contribution is 7.18. The van der Waals surface area contributed by atoms with Crippen molar-refractivity contribution in [2.75, 3.05) is 35.9 Å². The number of benzene rings is 2. The molecule has 3 amide bonds. The van der Waals surface area contributed by atoms with E-state index >= 15 is 0 Å². The topological polar surface area (TPSA) is 123 Å². The van der Waals surface area contributed by atoms with Gasteiger partial charge >= 0.3 is 6.03 Å². The summed E-state index contributed by atoms with van der Waals surface area (Å²) in [6.45, 7) is 0.472. The van der Waals surface area contributed by atoms with Crippen molar-refractivity contribution in [3.8, 4) is 16.9 Å². The van der Waals surface area contributed by atoms with Gasteiger partial charge in [0.05, 0.1) is 29.4 Å². The number of anilines is 3. The summed E-state index contributed by atoms with van der Waals surface area (Å²) in [5.74, 6) is 1.08. The van der Waals surface area contributed by atoms with E-state index in [0.717, 1.165) is 32.1 Å². The molecule has 0 spiro atoms. The molecule has 0 radical (unpaired) electrons. The average Bonchev–Trinajstić information content (AvgIpc) is 3.53. The van der Waals surface area contributed by atoms with Crippen molar-refractivity contribution in [1.82, 2.24) is 14.9 Å². The van der Waals surface area contributed by atoms with Gasteiger partial charge in [0.1, 0.15) is 17.3 Å². The first kappa shape index (κ1) is 26.3. The first-order chi connectivity index (χ1) is 18.9. The number of halogens is 1. The van der Waals surface area contributed by atoms with Crippen molar-refractivity contribution >= 4 is 73.1 Å². The van der Waals surface area contributed by atoms with E-state index in [9.17, 15) is 9.59 Å². The highest BCUT2D eigenvalue weighted by atomic mass is 35.5. The van der Waals surface area contributed by atoms with Crippen LogP contribution >= 0.6 is 22.9 Å². The van der Waals surface area contributed by atoms with Crippen LogP contribution in [0.25, 0.3) is 32.1 Å². The smallest absolute Gasteiger partial charge is 0.319 e. The molecule has 2 aromatic carbocycles. The van der Waals surface area contributed by atoms with Crippen LogP contribution in [0.15, 0.2) is 60.1 Å². The fraction of sp³-hybridized carbons (Fsp3) is 0.179. The van der Waals surface area contributed by atoms with Crippen molar-refractivity contribution < 1.29 is 14.3 Å². The average molecular weight is 563 g/mol. The maximum Gasteiger partial charge on any atom is 0.319 e. The Morgan fingerprint density at radius 1 is 1.13 bits per heavy atom. The number of nitrogen functional groups attached to an aromatic ring is 1. The molecule has 0 saturated carbocycles. The minimum Gasteiger partial charge on any atom is -0.495 e. The Morgan fingerprint density at radius 3 is 2.72 bits per heavy atom. The number of hydrogen-bond donors (Lipinski definition) is 4. The Morgan fingerprint density at radius 2 is 1.95 bits per heavy atom. The number of alkyl halides is 1. The molecular weight excluding hydrogens is 536 g/mol. The molecule has 9 nitrogen and oxygen atoms in total. The zero-order valence-electron chi connectivity index (χ0n) is 21.4. The molecule has 3 aromatic heterocycles. The van der Waals surface area contributed by atoms with Crippen LogP contribution in [0, 0.1) is 0 Å². The van der Waals surface area contributed by atoms with Crippen LogP contribution in [-0.4, -0.2) is 41.0 Å². The van der Waals surface area contributed by atoms with E-state index in [1.807, 2.05) is 59.5 Å². The number of fused-ring (bicyclic) bond motifs is 2. The third-order valence-corrected chi connectivity index (χ3v) is 7.69. The van der Waals surface area contributed by atoms with Gasteiger partial charge < -0.3 is 31.0 Å². The number of aromatic nitrogens is 2. The molecule has 3 heterocycles. The SMILES string of the molecule is COc1cc(-c2csc3c(NC(=O)NCCCCl)cnc(N)c23)ccc1NC(=O)c1cc2ccccc2n1C. The fourth-order valence-electron chi connectivity index (χ4n) is 4.46. The number of thiophene rings is 1. The van der Waals surface area contributed by atoms with Crippen molar-refractivity contribution in [1.29, 1.82) is 0 Å². The van der Waals surface area contributed by atoms with Gasteiger partial charge in [0, 0.05) is 46.7 Å². The lowest BCUT2D eigenvalue weighted by atomic mass is 10.0. The van der Waals surface area contributed by atoms with Crippen LogP contribution in [-0.2, 0) is 7.05 Å². The summed E-state index contributed by atoms with van der Waals surface area (Å²) in [5.41, 5.74) is 10.6. The Hall–Kier alpha value is -4.28. The van der Waals surface area contributed by atoms with E-state index in [2.05, 4.69) is 20.9 Å². The van der Waals surface area contributed by atoms with Gasteiger partial charge in [-0.1, -0.05) is 24.3 Å². The summed E-state index contributed by atoms with van der Waals surface area (Å²) in [4.78, 5) is 29.8. The number of rotatable bonds is 8. The number of aryl methyl sites for hydroxylation is 1. The molecule has 0 unspecified atom stereocenters. The standard InChI is InChI=1S/C28H27ClN6O3S/c1-35-21-7-4-3-6-17(21)12-22(35)27(36)33-19-9-8-16(13-23(19)38-2)18-15-39-25-20(14-32-26(30)24(18)25)34-28(37)31-11-5-10-29/h3-4,6-9,12-15H,5,10-11H2,1-2H3,(H2,30,32)(H,33,36)(H2,31,34,37). The number of urea groups is 1. The molecule has 11 heteroatoms. The highest BCUT2D eigenvalue weighted by Crippen LogP contribution is 2.42. The largest absolute Gasteiger partial charge is 0.495 e. The second-order valence-electron chi connectivity index (χ2n) is 8.85. The first-order valence-electron chi connectivity index (χ1n) is 12.2. The van der Waals surface area contributed by atoms with Gasteiger partial charge in [0.2, 0.25) is 0 Å². The predicted molar refractivity (Wildman–Crippen MR) is 159 cm³/mol. The number of nitrogens with one attached hydrogen (secondary N) is 3. The number of para-hydroxylation sites is 1. The molecule has 39 heavy (non-hydrogen) atoms. The minimum atomic E-state index is -0.337. The number of pyridine rings is 1. The van der Waals surface area contributed by atoms with E-state index in [4.69, 9.17) is 22.1 Å². The van der Waals surface area contributed by atoms with Crippen molar-refractivity contribution in [3.63, 3.8) is 0 Å². The maximum atomic E-state index is 13.2. The molecule has 0 aliphatic heterocycles. The molecule has 0 bridgehead atoms. The van der Waals surface area contributed by atoms with Crippen molar-refractivity contribution in [2.24, 2.45) is 7.05 Å². The van der Waals surface area contributed by atoms with Gasteiger partial charge in [-0.25, -0.2) is 9.78 Å². The lowest BCUT2D eigenvalue weighted by molar-refractivity contribution is 0.101. The molecule has 0 saturated heterocycles. The number of carbonyl (C=O) groups is 2. The Balaban J connectivity index is 1.43. The Kier molecular flexibility index (Phi) is 7.58. The molecule has 0 aliphatic rings. The third kappa shape index (κ3) is 5.21. The van der Waals surface area contributed by atoms with Gasteiger partial charge in [-0.2, -0.15) is 0 Å². The molecule has 200 valence electrons. The summed E-state index contributed by atoms with van der Waals surface area (Å²) >= 11 is 7.13. The summed E-state index contributed by atoms with van der Waals surface area (Å²) in [5, 5.41) is 12.3. The quantitative estimate of drug-likeness (QED) is 0.135. The van der Waals surface area contributed by atoms with Crippen molar-refractivity contribution in [2.45, 2.75) is 6.42 Å². The van der Waals surface area contributed by atoms with Gasteiger partial charge in [0.25, 0.3) is 5.91 Å². The second kappa shape index (κ2) is 11.2. The number of nitrogens with two attached hydrogens (primary N) is 1. The van der Waals surface area contributed by atoms with E-state index in [-0.39, 0.29) is 11.9 Å². The highest BCUT2D eigenvalue weighted by Gasteiger charge is 2.19. The maximum absolute atomic E-state index is 13.2. The van der Waals surface area contributed by atoms with E-state index in [1.54, 1.807) is 19.4 Å². The van der Waals surface area contributed by atoms with Crippen molar-refractivity contribution in [3.05, 3.63) is 65.8 Å². The van der Waals surface area contributed by atoms with Crippen LogP contribution < -0.4 is 26.4 Å². The van der Waals surface area contributed by atoms with Crippen LogP contribution in [0.2, 0.25) is 0 Å². The van der Waals surface area contributed by atoms with Gasteiger partial charge in [-0.3, -0.25) is 4.79 Å². The predicted octanol–water partition coefficient (Wildman–Crippen LogP) is 6.05. The summed E-state index contributed by atoms with van der Waals surface area (Å²) < 4.78 is 8.30. The molecule has 5 rings (SSSR count). The van der Waals surface area contributed by atoms with E-state index < -0.39 is 0 Å².